The van der Waals surface area contributed by atoms with Gasteiger partial charge in [0.05, 0.1) is 12.3 Å². The third-order valence-corrected chi connectivity index (χ3v) is 4.59. The zero-order valence-corrected chi connectivity index (χ0v) is 14.8. The van der Waals surface area contributed by atoms with Crippen LogP contribution in [0, 0.1) is 5.95 Å². The summed E-state index contributed by atoms with van der Waals surface area (Å²) in [5, 5.41) is 10.4. The van der Waals surface area contributed by atoms with Gasteiger partial charge in [0.1, 0.15) is 5.82 Å². The summed E-state index contributed by atoms with van der Waals surface area (Å²) in [6, 6.07) is 9.75. The number of primary amides is 1. The van der Waals surface area contributed by atoms with Crippen LogP contribution in [0.2, 0.25) is 0 Å². The number of aryl methyl sites for hydroxylation is 1. The van der Waals surface area contributed by atoms with Gasteiger partial charge in [-0.05, 0) is 44.6 Å². The van der Waals surface area contributed by atoms with Gasteiger partial charge in [-0.25, -0.2) is 9.37 Å². The zero-order chi connectivity index (χ0) is 19.2. The third kappa shape index (κ3) is 5.91. The van der Waals surface area contributed by atoms with Crippen molar-refractivity contribution < 1.29 is 18.7 Å². The number of carbonyl (C=O) groups is 1. The van der Waals surface area contributed by atoms with E-state index in [0.717, 1.165) is 18.7 Å². The van der Waals surface area contributed by atoms with Crippen molar-refractivity contribution in [2.24, 2.45) is 5.73 Å². The molecule has 4 N–H and O–H groups in total. The summed E-state index contributed by atoms with van der Waals surface area (Å²) < 4.78 is 27.4. The van der Waals surface area contributed by atoms with Gasteiger partial charge in [-0.2, -0.15) is 4.39 Å². The largest absolute Gasteiger partial charge is 0.393 e. The van der Waals surface area contributed by atoms with Crippen LogP contribution >= 0.6 is 0 Å². The Labute approximate surface area is 151 Å². The summed E-state index contributed by atoms with van der Waals surface area (Å²) >= 11 is 0. The smallest absolute Gasteiger partial charge is 0.254 e. The van der Waals surface area contributed by atoms with Crippen molar-refractivity contribution in [1.82, 2.24) is 9.97 Å². The minimum absolute atomic E-state index is 0.124. The van der Waals surface area contributed by atoms with E-state index in [1.807, 2.05) is 30.3 Å². The molecule has 2 aromatic rings. The molecule has 7 heteroatoms. The number of aliphatic hydroxyl groups excluding tert-OH is 1. The average molecular weight is 365 g/mol. The molecule has 0 aliphatic rings. The van der Waals surface area contributed by atoms with Gasteiger partial charge >= 0.3 is 0 Å². The lowest BCUT2D eigenvalue weighted by Gasteiger charge is -2.22. The summed E-state index contributed by atoms with van der Waals surface area (Å²) in [4.78, 5) is 17.6. The highest BCUT2D eigenvalue weighted by molar-refractivity contribution is 5.82. The van der Waals surface area contributed by atoms with E-state index < -0.39 is 29.5 Å². The highest BCUT2D eigenvalue weighted by Gasteiger charge is 2.32. The van der Waals surface area contributed by atoms with Crippen LogP contribution in [-0.4, -0.2) is 32.8 Å². The van der Waals surface area contributed by atoms with E-state index in [2.05, 4.69) is 9.97 Å². The summed E-state index contributed by atoms with van der Waals surface area (Å²) in [7, 11) is 0. The molecule has 0 spiro atoms. The molecule has 0 aliphatic heterocycles. The van der Waals surface area contributed by atoms with Gasteiger partial charge in [0.2, 0.25) is 5.95 Å². The quantitative estimate of drug-likeness (QED) is 0.604. The molecule has 3 atom stereocenters. The number of aromatic amines is 1. The Morgan fingerprint density at radius 2 is 2.04 bits per heavy atom. The Bertz CT molecular complexity index is 704. The molecule has 0 radical (unpaired) electrons. The first-order chi connectivity index (χ1) is 12.3. The van der Waals surface area contributed by atoms with Crippen molar-refractivity contribution in [1.29, 1.82) is 0 Å². The number of imidazole rings is 1. The van der Waals surface area contributed by atoms with Crippen LogP contribution < -0.4 is 5.73 Å². The molecule has 26 heavy (non-hydrogen) atoms. The average Bonchev–Trinajstić information content (AvgIpc) is 3.04. The minimum Gasteiger partial charge on any atom is -0.393 e. The number of hydrogen-bond donors (Lipinski definition) is 3. The van der Waals surface area contributed by atoms with E-state index in [9.17, 15) is 18.7 Å². The zero-order valence-electron chi connectivity index (χ0n) is 14.8. The van der Waals surface area contributed by atoms with E-state index in [0.29, 0.717) is 18.7 Å². The number of nitrogens with zero attached hydrogens (tertiary/aromatic N) is 1. The van der Waals surface area contributed by atoms with E-state index in [1.54, 1.807) is 0 Å². The van der Waals surface area contributed by atoms with Crippen LogP contribution in [0.1, 0.15) is 49.9 Å². The number of carbonyl (C=O) groups excluding carboxylic acids is 1. The summed E-state index contributed by atoms with van der Waals surface area (Å²) in [5.74, 6) is -1.70. The number of nitrogens with one attached hydrogen (secondary N) is 1. The van der Waals surface area contributed by atoms with Gasteiger partial charge in [0, 0.05) is 5.92 Å². The lowest BCUT2D eigenvalue weighted by molar-refractivity contribution is -0.128. The number of aliphatic hydroxyl groups is 1. The molecule has 0 aliphatic carbocycles. The van der Waals surface area contributed by atoms with E-state index >= 15 is 0 Å². The van der Waals surface area contributed by atoms with Crippen molar-refractivity contribution in [3.05, 3.63) is 53.9 Å². The number of amides is 1. The van der Waals surface area contributed by atoms with Crippen molar-refractivity contribution in [3.8, 4) is 0 Å². The summed E-state index contributed by atoms with van der Waals surface area (Å²) in [6.45, 7) is 1.13. The fourth-order valence-corrected chi connectivity index (χ4v) is 2.88. The fraction of sp³-hybridized carbons (Fsp3) is 0.474. The number of nitrogens with two attached hydrogens (primary N) is 1. The molecule has 1 aromatic heterocycles. The maximum atomic E-state index is 14.2. The van der Waals surface area contributed by atoms with Crippen molar-refractivity contribution >= 4 is 5.91 Å². The number of H-pyrrole nitrogens is 1. The maximum absolute atomic E-state index is 14.2. The van der Waals surface area contributed by atoms with Gasteiger partial charge < -0.3 is 15.8 Å². The van der Waals surface area contributed by atoms with E-state index in [4.69, 9.17) is 5.73 Å². The SMILES string of the molecule is CC(F)(CC[C@H](C[C@@H](O)CCc1ccccc1)c1ncc(F)[nH]1)C(N)=O. The van der Waals surface area contributed by atoms with Crippen LogP contribution in [0.5, 0.6) is 0 Å². The second-order valence-corrected chi connectivity index (χ2v) is 6.83. The molecule has 0 fully saturated rings. The van der Waals surface area contributed by atoms with Crippen LogP contribution in [0.4, 0.5) is 8.78 Å². The standard InChI is InChI=1S/C19H25F2N3O2/c1-19(21,18(22)26)10-9-14(17-23-12-16(20)24-17)11-15(25)8-7-13-5-3-2-4-6-13/h2-6,12,14-15,25H,7-11H2,1H3,(H2,22,26)(H,23,24)/t14-,15+,19?/m1/s1. The monoisotopic (exact) mass is 365 g/mol. The number of rotatable bonds is 10. The van der Waals surface area contributed by atoms with Gasteiger partial charge in [0.25, 0.3) is 5.91 Å². The molecule has 1 unspecified atom stereocenters. The number of halogens is 2. The van der Waals surface area contributed by atoms with Crippen LogP contribution in [-0.2, 0) is 11.2 Å². The predicted molar refractivity (Wildman–Crippen MR) is 94.6 cm³/mol. The fourth-order valence-electron chi connectivity index (χ4n) is 2.88. The van der Waals surface area contributed by atoms with Gasteiger partial charge in [0.15, 0.2) is 5.67 Å². The molecule has 5 nitrogen and oxygen atoms in total. The normalized spacial score (nSPS) is 16.0. The van der Waals surface area contributed by atoms with E-state index in [-0.39, 0.29) is 19.3 Å². The number of benzene rings is 1. The Balaban J connectivity index is 1.98. The maximum Gasteiger partial charge on any atom is 0.254 e. The summed E-state index contributed by atoms with van der Waals surface area (Å²) in [5.41, 5.74) is 4.02. The van der Waals surface area contributed by atoms with E-state index in [1.165, 1.54) is 0 Å². The Morgan fingerprint density at radius 3 is 2.62 bits per heavy atom. The molecule has 2 rings (SSSR count). The first-order valence-electron chi connectivity index (χ1n) is 8.69. The molecule has 1 aromatic carbocycles. The molecule has 0 saturated carbocycles. The lowest BCUT2D eigenvalue weighted by Crippen LogP contribution is -2.37. The van der Waals surface area contributed by atoms with Crippen molar-refractivity contribution in [3.63, 3.8) is 0 Å². The molecular formula is C19H25F2N3O2. The highest BCUT2D eigenvalue weighted by Crippen LogP contribution is 2.30. The van der Waals surface area contributed by atoms with Gasteiger partial charge in [-0.15, -0.1) is 0 Å². The van der Waals surface area contributed by atoms with Crippen LogP contribution in [0.15, 0.2) is 36.5 Å². The Hall–Kier alpha value is -2.28. The van der Waals surface area contributed by atoms with Crippen LogP contribution in [0.25, 0.3) is 0 Å². The van der Waals surface area contributed by atoms with Crippen molar-refractivity contribution in [2.75, 3.05) is 0 Å². The Kier molecular flexibility index (Phi) is 6.85. The molecule has 1 amide bonds. The topological polar surface area (TPSA) is 92.0 Å². The van der Waals surface area contributed by atoms with Gasteiger partial charge in [-0.1, -0.05) is 30.3 Å². The number of hydrogen-bond acceptors (Lipinski definition) is 3. The third-order valence-electron chi connectivity index (χ3n) is 4.59. The molecule has 0 bridgehead atoms. The highest BCUT2D eigenvalue weighted by atomic mass is 19.1. The number of alkyl halides is 1. The predicted octanol–water partition coefficient (Wildman–Crippen LogP) is 3.01. The van der Waals surface area contributed by atoms with Gasteiger partial charge in [-0.3, -0.25) is 4.79 Å². The second kappa shape index (κ2) is 8.89. The van der Waals surface area contributed by atoms with Crippen molar-refractivity contribution in [2.45, 2.75) is 56.7 Å². The molecular weight excluding hydrogens is 340 g/mol. The van der Waals surface area contributed by atoms with Crippen LogP contribution in [0.3, 0.4) is 0 Å². The first-order valence-corrected chi connectivity index (χ1v) is 8.69. The number of aromatic nitrogens is 2. The minimum atomic E-state index is -2.15. The molecule has 142 valence electrons. The molecule has 0 saturated heterocycles. The lowest BCUT2D eigenvalue weighted by atomic mass is 9.89. The summed E-state index contributed by atoms with van der Waals surface area (Å²) in [6.07, 6.45) is 1.98. The first kappa shape index (κ1) is 20.0. The Morgan fingerprint density at radius 1 is 1.35 bits per heavy atom. The second-order valence-electron chi connectivity index (χ2n) is 6.83. The molecule has 1 heterocycles.